The molecule has 0 spiro atoms. The van der Waals surface area contributed by atoms with E-state index in [1.54, 1.807) is 42.5 Å². The zero-order chi connectivity index (χ0) is 22.3. The van der Waals surface area contributed by atoms with Gasteiger partial charge in [0.1, 0.15) is 0 Å². The number of halogens is 3. The van der Waals surface area contributed by atoms with Gasteiger partial charge in [-0.1, -0.05) is 59.9 Å². The Hall–Kier alpha value is -2.08. The Labute approximate surface area is 195 Å². The lowest BCUT2D eigenvalue weighted by molar-refractivity contribution is -0.155. The lowest BCUT2D eigenvalue weighted by atomic mass is 9.76. The van der Waals surface area contributed by atoms with Crippen molar-refractivity contribution in [2.24, 2.45) is 17.8 Å². The monoisotopic (exact) mass is 478 g/mol. The highest BCUT2D eigenvalue weighted by Gasteiger charge is 2.52. The minimum absolute atomic E-state index is 0.0630. The second-order valence-corrected chi connectivity index (χ2v) is 9.45. The number of rotatable bonds is 4. The third-order valence-electron chi connectivity index (χ3n) is 6.08. The molecule has 2 aromatic carbocycles. The minimum atomic E-state index is -0.537. The van der Waals surface area contributed by atoms with E-state index < -0.39 is 17.7 Å². The van der Waals surface area contributed by atoms with Crippen molar-refractivity contribution in [3.63, 3.8) is 0 Å². The standard InChI is InChI=1S/C23H21Cl3N2O3/c1-13-6-9-16-18(10-13)23(31)28(22(16)30)27(12-14-7-8-15(24)11-20(14)26)21(29)17-4-2-3-5-19(17)25/h2-5,7-8,11,13,16,18H,6,9-10,12H2,1H3/t13-,16+,18+/m1/s1. The molecule has 1 heterocycles. The summed E-state index contributed by atoms with van der Waals surface area (Å²) in [7, 11) is 0. The maximum atomic E-state index is 13.5. The van der Waals surface area contributed by atoms with Crippen LogP contribution in [0.15, 0.2) is 42.5 Å². The highest BCUT2D eigenvalue weighted by atomic mass is 35.5. The van der Waals surface area contributed by atoms with Gasteiger partial charge in [0.15, 0.2) is 0 Å². The van der Waals surface area contributed by atoms with Gasteiger partial charge in [-0.2, -0.15) is 5.01 Å². The zero-order valence-electron chi connectivity index (χ0n) is 16.9. The van der Waals surface area contributed by atoms with Crippen LogP contribution in [0.3, 0.4) is 0 Å². The molecular formula is C23H21Cl3N2O3. The molecule has 0 bridgehead atoms. The molecule has 5 nitrogen and oxygen atoms in total. The number of benzene rings is 2. The summed E-state index contributed by atoms with van der Waals surface area (Å²) < 4.78 is 0. The van der Waals surface area contributed by atoms with Crippen LogP contribution >= 0.6 is 34.8 Å². The van der Waals surface area contributed by atoms with Crippen LogP contribution in [0.2, 0.25) is 15.1 Å². The predicted octanol–water partition coefficient (Wildman–Crippen LogP) is 5.63. The largest absolute Gasteiger partial charge is 0.274 e. The van der Waals surface area contributed by atoms with Crippen molar-refractivity contribution in [1.29, 1.82) is 0 Å². The van der Waals surface area contributed by atoms with Crippen LogP contribution in [-0.4, -0.2) is 27.7 Å². The van der Waals surface area contributed by atoms with Crippen LogP contribution in [0.1, 0.15) is 42.1 Å². The van der Waals surface area contributed by atoms with Crippen LogP contribution in [0.4, 0.5) is 0 Å². The molecule has 3 amide bonds. The van der Waals surface area contributed by atoms with Crippen molar-refractivity contribution < 1.29 is 14.4 Å². The fourth-order valence-corrected chi connectivity index (χ4v) is 5.11. The zero-order valence-corrected chi connectivity index (χ0v) is 19.1. The van der Waals surface area contributed by atoms with Crippen LogP contribution in [-0.2, 0) is 16.1 Å². The number of carbonyl (C=O) groups is 3. The van der Waals surface area contributed by atoms with Gasteiger partial charge in [-0.3, -0.25) is 14.4 Å². The van der Waals surface area contributed by atoms with Gasteiger partial charge < -0.3 is 0 Å². The summed E-state index contributed by atoms with van der Waals surface area (Å²) in [5.74, 6) is -1.66. The first-order valence-electron chi connectivity index (χ1n) is 10.2. The molecule has 1 aliphatic heterocycles. The van der Waals surface area contributed by atoms with E-state index in [1.807, 2.05) is 0 Å². The predicted molar refractivity (Wildman–Crippen MR) is 120 cm³/mol. The Morgan fingerprint density at radius 1 is 1.00 bits per heavy atom. The maximum absolute atomic E-state index is 13.5. The average Bonchev–Trinajstić information content (AvgIpc) is 2.97. The summed E-state index contributed by atoms with van der Waals surface area (Å²) in [6, 6.07) is 11.4. The number of imide groups is 1. The molecule has 162 valence electrons. The SMILES string of the molecule is C[C@@H]1CC[C@@H]2C(=O)N(N(Cc3ccc(Cl)cc3Cl)C(=O)c3ccccc3Cl)C(=O)[C@H]2C1. The van der Waals surface area contributed by atoms with Crippen LogP contribution < -0.4 is 0 Å². The third-order valence-corrected chi connectivity index (χ3v) is 7.00. The van der Waals surface area contributed by atoms with E-state index in [2.05, 4.69) is 6.92 Å². The van der Waals surface area contributed by atoms with Crippen molar-refractivity contribution in [2.75, 3.05) is 0 Å². The normalized spacial score (nSPS) is 23.1. The van der Waals surface area contributed by atoms with E-state index in [0.29, 0.717) is 34.4 Å². The molecule has 1 saturated heterocycles. The van der Waals surface area contributed by atoms with Gasteiger partial charge >= 0.3 is 0 Å². The number of fused-ring (bicyclic) bond motifs is 1. The number of carbonyl (C=O) groups excluding carboxylic acids is 3. The van der Waals surface area contributed by atoms with E-state index in [1.165, 1.54) is 5.01 Å². The first-order valence-corrected chi connectivity index (χ1v) is 11.3. The summed E-state index contributed by atoms with van der Waals surface area (Å²) in [6.07, 6.45) is 2.17. The van der Waals surface area contributed by atoms with Gasteiger partial charge in [0.2, 0.25) is 0 Å². The highest BCUT2D eigenvalue weighted by Crippen LogP contribution is 2.41. The molecule has 2 aromatic rings. The molecule has 31 heavy (non-hydrogen) atoms. The molecule has 3 atom stereocenters. The van der Waals surface area contributed by atoms with Gasteiger partial charge in [0.25, 0.3) is 17.7 Å². The molecular weight excluding hydrogens is 459 g/mol. The van der Waals surface area contributed by atoms with Crippen molar-refractivity contribution in [3.05, 3.63) is 68.7 Å². The second-order valence-electron chi connectivity index (χ2n) is 8.20. The number of amides is 3. The minimum Gasteiger partial charge on any atom is -0.272 e. The Morgan fingerprint density at radius 3 is 2.42 bits per heavy atom. The number of nitrogens with zero attached hydrogens (tertiary/aromatic N) is 2. The van der Waals surface area contributed by atoms with Gasteiger partial charge in [0.05, 0.1) is 29.0 Å². The number of hydrazine groups is 1. The Morgan fingerprint density at radius 2 is 1.71 bits per heavy atom. The van der Waals surface area contributed by atoms with Crippen LogP contribution in [0.25, 0.3) is 0 Å². The number of hydrogen-bond donors (Lipinski definition) is 0. The smallest absolute Gasteiger partial charge is 0.272 e. The Kier molecular flexibility index (Phi) is 6.29. The molecule has 0 unspecified atom stereocenters. The maximum Gasteiger partial charge on any atom is 0.274 e. The van der Waals surface area contributed by atoms with Crippen molar-refractivity contribution in [1.82, 2.24) is 10.0 Å². The Balaban J connectivity index is 1.75. The van der Waals surface area contributed by atoms with Gasteiger partial charge in [0, 0.05) is 10.0 Å². The van der Waals surface area contributed by atoms with Gasteiger partial charge in [-0.05, 0) is 55.0 Å². The quantitative estimate of drug-likeness (QED) is 0.534. The van der Waals surface area contributed by atoms with Crippen molar-refractivity contribution in [2.45, 2.75) is 32.7 Å². The summed E-state index contributed by atoms with van der Waals surface area (Å²) in [5.41, 5.74) is 0.772. The Bertz CT molecular complexity index is 1060. The molecule has 1 saturated carbocycles. The summed E-state index contributed by atoms with van der Waals surface area (Å²) >= 11 is 18.6. The molecule has 0 radical (unpaired) electrons. The highest BCUT2D eigenvalue weighted by molar-refractivity contribution is 6.35. The fraction of sp³-hybridized carbons (Fsp3) is 0.348. The van der Waals surface area contributed by atoms with E-state index >= 15 is 0 Å². The third kappa shape index (κ3) is 4.19. The van der Waals surface area contributed by atoms with E-state index in [4.69, 9.17) is 34.8 Å². The average molecular weight is 480 g/mol. The summed E-state index contributed by atoms with van der Waals surface area (Å²) in [4.78, 5) is 40.1. The number of hydrogen-bond acceptors (Lipinski definition) is 3. The molecule has 0 aromatic heterocycles. The summed E-state index contributed by atoms with van der Waals surface area (Å²) in [6.45, 7) is 2.02. The van der Waals surface area contributed by atoms with E-state index in [-0.39, 0.29) is 28.9 Å². The molecule has 4 rings (SSSR count). The van der Waals surface area contributed by atoms with Gasteiger partial charge in [-0.15, -0.1) is 0 Å². The first-order chi connectivity index (χ1) is 14.8. The van der Waals surface area contributed by atoms with E-state index in [9.17, 15) is 14.4 Å². The second kappa shape index (κ2) is 8.81. The first kappa shape index (κ1) is 22.1. The van der Waals surface area contributed by atoms with Gasteiger partial charge in [-0.25, -0.2) is 5.01 Å². The van der Waals surface area contributed by atoms with Crippen LogP contribution in [0.5, 0.6) is 0 Å². The van der Waals surface area contributed by atoms with Crippen molar-refractivity contribution >= 4 is 52.5 Å². The fourth-order valence-electron chi connectivity index (χ4n) is 4.43. The molecule has 0 N–H and O–H groups in total. The summed E-state index contributed by atoms with van der Waals surface area (Å²) in [5, 5.41) is 3.22. The molecule has 1 aliphatic carbocycles. The molecule has 2 fully saturated rings. The lowest BCUT2D eigenvalue weighted by Gasteiger charge is -2.31. The van der Waals surface area contributed by atoms with Crippen LogP contribution in [0, 0.1) is 17.8 Å². The molecule has 2 aliphatic rings. The molecule has 8 heteroatoms. The topological polar surface area (TPSA) is 57.7 Å². The van der Waals surface area contributed by atoms with E-state index in [0.717, 1.165) is 11.4 Å². The lowest BCUT2D eigenvalue weighted by Crippen LogP contribution is -2.50. The van der Waals surface area contributed by atoms with Crippen molar-refractivity contribution in [3.8, 4) is 0 Å².